The van der Waals surface area contributed by atoms with Gasteiger partial charge < -0.3 is 9.80 Å². The average Bonchev–Trinajstić information content (AvgIpc) is 2.48. The molecule has 1 rings (SSSR count). The Bertz CT molecular complexity index is 194. The summed E-state index contributed by atoms with van der Waals surface area (Å²) >= 11 is 0. The largest absolute Gasteiger partial charge is 0.326 e. The molecule has 0 saturated carbocycles. The van der Waals surface area contributed by atoms with Crippen LogP contribution in [0.5, 0.6) is 0 Å². The van der Waals surface area contributed by atoms with Crippen LogP contribution in [0.2, 0.25) is 0 Å². The SMILES string of the molecule is CCCCCC(C)N1CCN(C)C1=O. The van der Waals surface area contributed by atoms with Crippen LogP contribution in [0.1, 0.15) is 39.5 Å². The molecule has 0 bridgehead atoms. The number of hydrogen-bond acceptors (Lipinski definition) is 1. The van der Waals surface area contributed by atoms with E-state index in [1.54, 1.807) is 4.90 Å². The number of carbonyl (C=O) groups is 1. The summed E-state index contributed by atoms with van der Waals surface area (Å²) in [6, 6.07) is 0.619. The molecule has 0 aromatic carbocycles. The van der Waals surface area contributed by atoms with Gasteiger partial charge in [0.1, 0.15) is 0 Å². The van der Waals surface area contributed by atoms with Crippen molar-refractivity contribution in [3.8, 4) is 0 Å². The molecule has 1 heterocycles. The fourth-order valence-electron chi connectivity index (χ4n) is 1.92. The van der Waals surface area contributed by atoms with Gasteiger partial charge in [-0.3, -0.25) is 0 Å². The molecule has 0 aromatic rings. The molecule has 0 N–H and O–H groups in total. The minimum atomic E-state index is 0.203. The van der Waals surface area contributed by atoms with Crippen LogP contribution in [0, 0.1) is 0 Å². The van der Waals surface area contributed by atoms with E-state index in [1.807, 2.05) is 11.9 Å². The van der Waals surface area contributed by atoms with E-state index in [4.69, 9.17) is 0 Å². The maximum Gasteiger partial charge on any atom is 0.320 e. The molecule has 0 spiro atoms. The number of nitrogens with zero attached hydrogens (tertiary/aromatic N) is 2. The van der Waals surface area contributed by atoms with Gasteiger partial charge in [-0.2, -0.15) is 0 Å². The fourth-order valence-corrected chi connectivity index (χ4v) is 1.92. The van der Waals surface area contributed by atoms with Crippen molar-refractivity contribution in [2.24, 2.45) is 0 Å². The standard InChI is InChI=1S/C11H22N2O/c1-4-5-6-7-10(2)13-9-8-12(3)11(13)14/h10H,4-9H2,1-3H3. The molecule has 14 heavy (non-hydrogen) atoms. The van der Waals surface area contributed by atoms with Crippen molar-refractivity contribution in [1.29, 1.82) is 0 Å². The minimum absolute atomic E-state index is 0.203. The molecule has 2 amide bonds. The molecule has 0 radical (unpaired) electrons. The summed E-state index contributed by atoms with van der Waals surface area (Å²) in [5.74, 6) is 0. The summed E-state index contributed by atoms with van der Waals surface area (Å²) in [4.78, 5) is 15.4. The first-order valence-corrected chi connectivity index (χ1v) is 5.68. The fraction of sp³-hybridized carbons (Fsp3) is 0.909. The number of amides is 2. The van der Waals surface area contributed by atoms with Crippen molar-refractivity contribution in [2.75, 3.05) is 20.1 Å². The Morgan fingerprint density at radius 1 is 1.36 bits per heavy atom. The van der Waals surface area contributed by atoms with Gasteiger partial charge in [-0.05, 0) is 13.3 Å². The molecule has 1 saturated heterocycles. The number of likely N-dealkylation sites (N-methyl/N-ethyl adjacent to an activating group) is 1. The summed E-state index contributed by atoms with van der Waals surface area (Å²) in [5, 5.41) is 0. The first-order chi connectivity index (χ1) is 6.66. The Morgan fingerprint density at radius 2 is 2.07 bits per heavy atom. The van der Waals surface area contributed by atoms with Gasteiger partial charge in [0.25, 0.3) is 0 Å². The molecule has 3 nitrogen and oxygen atoms in total. The normalized spacial score (nSPS) is 19.2. The van der Waals surface area contributed by atoms with Crippen LogP contribution in [0.15, 0.2) is 0 Å². The monoisotopic (exact) mass is 198 g/mol. The Morgan fingerprint density at radius 3 is 2.57 bits per heavy atom. The van der Waals surface area contributed by atoms with Crippen LogP contribution < -0.4 is 0 Å². The molecule has 82 valence electrons. The van der Waals surface area contributed by atoms with Gasteiger partial charge in [-0.15, -0.1) is 0 Å². The predicted molar refractivity (Wildman–Crippen MR) is 58.3 cm³/mol. The molecular weight excluding hydrogens is 176 g/mol. The van der Waals surface area contributed by atoms with Crippen molar-refractivity contribution in [1.82, 2.24) is 9.80 Å². The predicted octanol–water partition coefficient (Wildman–Crippen LogP) is 2.32. The van der Waals surface area contributed by atoms with Crippen LogP contribution in [-0.2, 0) is 0 Å². The lowest BCUT2D eigenvalue weighted by Gasteiger charge is -2.23. The summed E-state index contributed by atoms with van der Waals surface area (Å²) in [6.07, 6.45) is 4.92. The Balaban J connectivity index is 2.30. The lowest BCUT2D eigenvalue weighted by Crippen LogP contribution is -2.36. The second-order valence-corrected chi connectivity index (χ2v) is 4.24. The van der Waals surface area contributed by atoms with E-state index < -0.39 is 0 Å². The van der Waals surface area contributed by atoms with Crippen LogP contribution in [0.4, 0.5) is 4.79 Å². The van der Waals surface area contributed by atoms with Gasteiger partial charge in [0, 0.05) is 26.2 Å². The molecule has 3 heteroatoms. The highest BCUT2D eigenvalue weighted by atomic mass is 16.2. The summed E-state index contributed by atoms with van der Waals surface area (Å²) < 4.78 is 0. The molecule has 0 aromatic heterocycles. The van der Waals surface area contributed by atoms with E-state index in [0.29, 0.717) is 6.04 Å². The smallest absolute Gasteiger partial charge is 0.320 e. The molecular formula is C11H22N2O. The average molecular weight is 198 g/mol. The first kappa shape index (κ1) is 11.3. The van der Waals surface area contributed by atoms with E-state index in [0.717, 1.165) is 19.5 Å². The van der Waals surface area contributed by atoms with Crippen molar-refractivity contribution in [3.63, 3.8) is 0 Å². The number of hydrogen-bond donors (Lipinski definition) is 0. The molecule has 1 fully saturated rings. The zero-order valence-electron chi connectivity index (χ0n) is 9.62. The maximum absolute atomic E-state index is 11.6. The minimum Gasteiger partial charge on any atom is -0.326 e. The highest BCUT2D eigenvalue weighted by molar-refractivity contribution is 5.76. The van der Waals surface area contributed by atoms with Crippen LogP contribution in [0.25, 0.3) is 0 Å². The van der Waals surface area contributed by atoms with E-state index in [-0.39, 0.29) is 6.03 Å². The number of unbranched alkanes of at least 4 members (excludes halogenated alkanes) is 2. The van der Waals surface area contributed by atoms with Gasteiger partial charge in [-0.1, -0.05) is 26.2 Å². The van der Waals surface area contributed by atoms with Crippen molar-refractivity contribution < 1.29 is 4.79 Å². The van der Waals surface area contributed by atoms with E-state index >= 15 is 0 Å². The highest BCUT2D eigenvalue weighted by Gasteiger charge is 2.28. The number of carbonyl (C=O) groups excluding carboxylic acids is 1. The lowest BCUT2D eigenvalue weighted by molar-refractivity contribution is 0.182. The third kappa shape index (κ3) is 2.63. The summed E-state index contributed by atoms with van der Waals surface area (Å²) in [5.41, 5.74) is 0. The summed E-state index contributed by atoms with van der Waals surface area (Å²) in [7, 11) is 1.88. The van der Waals surface area contributed by atoms with Crippen LogP contribution >= 0.6 is 0 Å². The Kier molecular flexibility index (Phi) is 4.23. The van der Waals surface area contributed by atoms with Crippen molar-refractivity contribution in [2.45, 2.75) is 45.6 Å². The highest BCUT2D eigenvalue weighted by Crippen LogP contribution is 2.15. The van der Waals surface area contributed by atoms with E-state index in [9.17, 15) is 4.79 Å². The first-order valence-electron chi connectivity index (χ1n) is 5.68. The third-order valence-corrected chi connectivity index (χ3v) is 3.01. The molecule has 1 aliphatic rings. The maximum atomic E-state index is 11.6. The Labute approximate surface area is 87.1 Å². The number of rotatable bonds is 5. The quantitative estimate of drug-likeness (QED) is 0.622. The van der Waals surface area contributed by atoms with Crippen LogP contribution in [-0.4, -0.2) is 42.0 Å². The van der Waals surface area contributed by atoms with Gasteiger partial charge in [0.2, 0.25) is 0 Å². The van der Waals surface area contributed by atoms with Crippen molar-refractivity contribution in [3.05, 3.63) is 0 Å². The van der Waals surface area contributed by atoms with E-state index in [2.05, 4.69) is 13.8 Å². The number of urea groups is 1. The third-order valence-electron chi connectivity index (χ3n) is 3.01. The Hall–Kier alpha value is -0.730. The second kappa shape index (κ2) is 5.23. The second-order valence-electron chi connectivity index (χ2n) is 4.24. The molecule has 1 unspecified atom stereocenters. The van der Waals surface area contributed by atoms with Gasteiger partial charge in [-0.25, -0.2) is 4.79 Å². The molecule has 1 atom stereocenters. The lowest BCUT2D eigenvalue weighted by atomic mass is 10.1. The molecule has 0 aliphatic carbocycles. The topological polar surface area (TPSA) is 23.6 Å². The van der Waals surface area contributed by atoms with E-state index in [1.165, 1.54) is 19.3 Å². The van der Waals surface area contributed by atoms with Gasteiger partial charge in [0.15, 0.2) is 0 Å². The zero-order chi connectivity index (χ0) is 10.6. The summed E-state index contributed by atoms with van der Waals surface area (Å²) in [6.45, 7) is 6.16. The van der Waals surface area contributed by atoms with Crippen molar-refractivity contribution >= 4 is 6.03 Å². The molecule has 1 aliphatic heterocycles. The van der Waals surface area contributed by atoms with Gasteiger partial charge >= 0.3 is 6.03 Å². The van der Waals surface area contributed by atoms with Crippen LogP contribution in [0.3, 0.4) is 0 Å². The van der Waals surface area contributed by atoms with Gasteiger partial charge in [0.05, 0.1) is 0 Å². The zero-order valence-corrected chi connectivity index (χ0v) is 9.62.